The summed E-state index contributed by atoms with van der Waals surface area (Å²) in [7, 11) is 0. The Bertz CT molecular complexity index is 936. The van der Waals surface area contributed by atoms with Gasteiger partial charge in [0.1, 0.15) is 5.56 Å². The predicted molar refractivity (Wildman–Crippen MR) is 99.1 cm³/mol. The maximum absolute atomic E-state index is 12.0. The molecule has 1 aromatic carbocycles. The van der Waals surface area contributed by atoms with E-state index in [9.17, 15) is 14.7 Å². The summed E-state index contributed by atoms with van der Waals surface area (Å²) in [5.41, 5.74) is 1.81. The molecule has 1 amide bonds. The minimum atomic E-state index is -0.599. The van der Waals surface area contributed by atoms with Crippen molar-refractivity contribution in [3.63, 3.8) is 0 Å². The van der Waals surface area contributed by atoms with E-state index in [4.69, 9.17) is 23.8 Å². The van der Waals surface area contributed by atoms with Gasteiger partial charge in [0, 0.05) is 6.04 Å². The second-order valence-electron chi connectivity index (χ2n) is 5.30. The average molecular weight is 381 g/mol. The van der Waals surface area contributed by atoms with Crippen LogP contribution in [0.1, 0.15) is 42.2 Å². The van der Waals surface area contributed by atoms with E-state index in [0.29, 0.717) is 6.42 Å². The Hall–Kier alpha value is -2.45. The molecule has 3 N–H and O–H groups in total. The minimum absolute atomic E-state index is 0.103. The number of hydrazone groups is 1. The maximum Gasteiger partial charge on any atom is 0.272 e. The summed E-state index contributed by atoms with van der Waals surface area (Å²) in [6, 6.07) is 6.37. The van der Waals surface area contributed by atoms with Gasteiger partial charge in [-0.25, -0.2) is 5.43 Å². The number of benzene rings is 1. The van der Waals surface area contributed by atoms with E-state index in [1.807, 2.05) is 13.8 Å². The summed E-state index contributed by atoms with van der Waals surface area (Å²) in [6.07, 6.45) is 1.77. The van der Waals surface area contributed by atoms with Gasteiger partial charge < -0.3 is 5.11 Å². The molecule has 1 aromatic heterocycles. The molecular weight excluding hydrogens is 364 g/mol. The van der Waals surface area contributed by atoms with Crippen LogP contribution in [0.3, 0.4) is 0 Å². The van der Waals surface area contributed by atoms with Crippen molar-refractivity contribution in [3.05, 3.63) is 55.5 Å². The van der Waals surface area contributed by atoms with Crippen LogP contribution in [0.15, 0.2) is 34.2 Å². The first-order chi connectivity index (χ1) is 11.9. The number of aromatic amines is 1. The number of hydrogen-bond donors (Lipinski definition) is 3. The van der Waals surface area contributed by atoms with Gasteiger partial charge in [-0.05, 0) is 37.7 Å². The zero-order chi connectivity index (χ0) is 18.6. The number of aromatic hydroxyl groups is 1. The highest BCUT2D eigenvalue weighted by Gasteiger charge is 2.15. The molecule has 0 spiro atoms. The molecule has 0 saturated carbocycles. The second-order valence-corrected chi connectivity index (χ2v) is 6.10. The van der Waals surface area contributed by atoms with E-state index < -0.39 is 11.5 Å². The van der Waals surface area contributed by atoms with Gasteiger partial charge in [-0.1, -0.05) is 30.7 Å². The summed E-state index contributed by atoms with van der Waals surface area (Å²) in [5, 5.41) is 14.3. The van der Waals surface area contributed by atoms with Gasteiger partial charge in [0.05, 0.1) is 16.8 Å². The van der Waals surface area contributed by atoms with Crippen LogP contribution in [-0.2, 0) is 0 Å². The van der Waals surface area contributed by atoms with Crippen LogP contribution in [0.25, 0.3) is 0 Å². The van der Waals surface area contributed by atoms with Crippen molar-refractivity contribution >= 4 is 35.9 Å². The monoisotopic (exact) mass is 380 g/mol. The van der Waals surface area contributed by atoms with Gasteiger partial charge in [-0.2, -0.15) is 5.10 Å². The first kappa shape index (κ1) is 18.9. The first-order valence-electron chi connectivity index (χ1n) is 7.52. The van der Waals surface area contributed by atoms with E-state index in [0.717, 1.165) is 6.21 Å². The molecule has 9 heteroatoms. The number of rotatable bonds is 5. The number of H-pyrrole nitrogens is 1. The molecule has 0 aliphatic heterocycles. The van der Waals surface area contributed by atoms with Crippen molar-refractivity contribution in [2.24, 2.45) is 5.10 Å². The highest BCUT2D eigenvalue weighted by Crippen LogP contribution is 2.20. The lowest BCUT2D eigenvalue weighted by Gasteiger charge is -2.16. The van der Waals surface area contributed by atoms with E-state index in [-0.39, 0.29) is 32.8 Å². The number of nitrogens with zero attached hydrogens (tertiary/aromatic N) is 2. The van der Waals surface area contributed by atoms with Gasteiger partial charge in [-0.3, -0.25) is 19.1 Å². The van der Waals surface area contributed by atoms with Gasteiger partial charge in [0.15, 0.2) is 4.77 Å². The van der Waals surface area contributed by atoms with E-state index in [1.165, 1.54) is 4.57 Å². The number of carbonyl (C=O) groups excluding carboxylic acids is 1. The van der Waals surface area contributed by atoms with Crippen LogP contribution in [-0.4, -0.2) is 26.8 Å². The van der Waals surface area contributed by atoms with Crippen LogP contribution in [0, 0.1) is 4.77 Å². The van der Waals surface area contributed by atoms with Crippen molar-refractivity contribution < 1.29 is 9.90 Å². The number of nitrogens with one attached hydrogen (secondary N) is 2. The molecule has 1 heterocycles. The Morgan fingerprint density at radius 2 is 2.20 bits per heavy atom. The number of hydrogen-bond acceptors (Lipinski definition) is 5. The topological polar surface area (TPSA) is 99.5 Å². The van der Waals surface area contributed by atoms with Gasteiger partial charge in [0.2, 0.25) is 5.88 Å². The van der Waals surface area contributed by atoms with E-state index in [2.05, 4.69) is 15.5 Å². The average Bonchev–Trinajstić information content (AvgIpc) is 2.57. The normalized spacial score (nSPS) is 12.3. The van der Waals surface area contributed by atoms with Crippen molar-refractivity contribution in [1.82, 2.24) is 15.0 Å². The fourth-order valence-electron chi connectivity index (χ4n) is 2.12. The third-order valence-electron chi connectivity index (χ3n) is 3.66. The van der Waals surface area contributed by atoms with Gasteiger partial charge in [-0.15, -0.1) is 0 Å². The van der Waals surface area contributed by atoms with Crippen molar-refractivity contribution in [3.8, 4) is 5.88 Å². The van der Waals surface area contributed by atoms with Gasteiger partial charge >= 0.3 is 0 Å². The van der Waals surface area contributed by atoms with Gasteiger partial charge in [0.25, 0.3) is 11.5 Å². The van der Waals surface area contributed by atoms with Crippen molar-refractivity contribution in [1.29, 1.82) is 0 Å². The van der Waals surface area contributed by atoms with Crippen LogP contribution in [0.5, 0.6) is 5.88 Å². The molecular formula is C16H17ClN4O3S. The highest BCUT2D eigenvalue weighted by atomic mass is 35.5. The largest absolute Gasteiger partial charge is 0.494 e. The van der Waals surface area contributed by atoms with E-state index >= 15 is 0 Å². The molecule has 7 nitrogen and oxygen atoms in total. The summed E-state index contributed by atoms with van der Waals surface area (Å²) < 4.78 is 1.54. The van der Waals surface area contributed by atoms with Crippen LogP contribution < -0.4 is 11.0 Å². The van der Waals surface area contributed by atoms with Crippen LogP contribution in [0.4, 0.5) is 0 Å². The summed E-state index contributed by atoms with van der Waals surface area (Å²) in [4.78, 5) is 26.5. The maximum atomic E-state index is 12.0. The van der Waals surface area contributed by atoms with Crippen molar-refractivity contribution in [2.75, 3.05) is 0 Å². The van der Waals surface area contributed by atoms with E-state index in [1.54, 1.807) is 24.3 Å². The summed E-state index contributed by atoms with van der Waals surface area (Å²) in [6.45, 7) is 3.78. The zero-order valence-electron chi connectivity index (χ0n) is 13.6. The zero-order valence-corrected chi connectivity index (χ0v) is 15.2. The summed E-state index contributed by atoms with van der Waals surface area (Å²) in [5.74, 6) is -0.841. The standard InChI is InChI=1S/C16H17ClN4O3S/c1-3-9(2)21-15(24)11(13(22)19-16(21)25)8-18-20-14(23)10-6-4-5-7-12(10)17/h4-9,24H,3H2,1-2H3,(H,20,23)(H,19,22,25)/b18-8+/t9-/m1/s1. The lowest BCUT2D eigenvalue weighted by molar-refractivity contribution is 0.0955. The lowest BCUT2D eigenvalue weighted by Crippen LogP contribution is -2.22. The quantitative estimate of drug-likeness (QED) is 0.421. The minimum Gasteiger partial charge on any atom is -0.494 e. The number of carbonyl (C=O) groups is 1. The molecule has 0 unspecified atom stereocenters. The highest BCUT2D eigenvalue weighted by molar-refractivity contribution is 7.71. The molecule has 0 fully saturated rings. The SMILES string of the molecule is CC[C@@H](C)n1c(O)c(/C=N/NC(=O)c2ccccc2Cl)c(=O)[nH]c1=S. The molecule has 0 bridgehead atoms. The Morgan fingerprint density at radius 3 is 2.84 bits per heavy atom. The first-order valence-corrected chi connectivity index (χ1v) is 8.31. The van der Waals surface area contributed by atoms with Crippen LogP contribution in [0.2, 0.25) is 5.02 Å². The molecule has 25 heavy (non-hydrogen) atoms. The molecule has 1 atom stereocenters. The molecule has 132 valence electrons. The molecule has 0 aliphatic carbocycles. The Labute approximate surface area is 154 Å². The fourth-order valence-corrected chi connectivity index (χ4v) is 2.70. The second kappa shape index (κ2) is 8.09. The number of amides is 1. The molecule has 2 aromatic rings. The Kier molecular flexibility index (Phi) is 6.11. The fraction of sp³-hybridized carbons (Fsp3) is 0.250. The van der Waals surface area contributed by atoms with Crippen molar-refractivity contribution in [2.45, 2.75) is 26.3 Å². The smallest absolute Gasteiger partial charge is 0.272 e. The molecule has 0 radical (unpaired) electrons. The van der Waals surface area contributed by atoms with Crippen LogP contribution >= 0.6 is 23.8 Å². The predicted octanol–water partition coefficient (Wildman–Crippen LogP) is 3.00. The number of halogens is 1. The molecule has 0 saturated heterocycles. The third-order valence-corrected chi connectivity index (χ3v) is 4.29. The Balaban J connectivity index is 2.30. The number of aromatic nitrogens is 2. The third kappa shape index (κ3) is 4.15. The molecule has 2 rings (SSSR count). The Morgan fingerprint density at radius 1 is 1.52 bits per heavy atom. The lowest BCUT2D eigenvalue weighted by atomic mass is 10.2. The molecule has 0 aliphatic rings. The summed E-state index contributed by atoms with van der Waals surface area (Å²) >= 11 is 11.0.